The Morgan fingerprint density at radius 3 is 2.88 bits per heavy atom. The number of amides is 1. The van der Waals surface area contributed by atoms with Gasteiger partial charge in [0, 0.05) is 33.9 Å². The Bertz CT molecular complexity index is 219. The number of carbonyl (C=O) groups excluding carboxylic acids is 1. The smallest absolute Gasteiger partial charge is 0.225 e. The lowest BCUT2D eigenvalue weighted by Crippen LogP contribution is -2.44. The molecule has 0 aromatic carbocycles. The molecule has 2 unspecified atom stereocenters. The van der Waals surface area contributed by atoms with Crippen molar-refractivity contribution in [2.45, 2.75) is 31.5 Å². The molecule has 1 heterocycles. The maximum Gasteiger partial charge on any atom is 0.225 e. The first-order valence-corrected chi connectivity index (χ1v) is 5.74. The zero-order valence-corrected chi connectivity index (χ0v) is 10.1. The Kier molecular flexibility index (Phi) is 5.73. The van der Waals surface area contributed by atoms with Gasteiger partial charge in [-0.05, 0) is 12.8 Å². The fourth-order valence-electron chi connectivity index (χ4n) is 1.94. The number of hydrogen-bond donors (Lipinski definition) is 1. The first kappa shape index (κ1) is 13.4. The Labute approximate surface area is 96.9 Å². The SMILES string of the molecule is COC(CN)CC(=O)N1CCCC(OC)C1. The number of rotatable bonds is 5. The Morgan fingerprint density at radius 2 is 2.31 bits per heavy atom. The Morgan fingerprint density at radius 1 is 1.56 bits per heavy atom. The van der Waals surface area contributed by atoms with Crippen molar-refractivity contribution in [2.75, 3.05) is 33.9 Å². The molecule has 0 bridgehead atoms. The number of piperidine rings is 1. The van der Waals surface area contributed by atoms with Crippen LogP contribution >= 0.6 is 0 Å². The molecule has 0 spiro atoms. The minimum absolute atomic E-state index is 0.110. The highest BCUT2D eigenvalue weighted by Crippen LogP contribution is 2.14. The van der Waals surface area contributed by atoms with Gasteiger partial charge in [0.25, 0.3) is 0 Å². The van der Waals surface area contributed by atoms with E-state index < -0.39 is 0 Å². The van der Waals surface area contributed by atoms with E-state index in [0.717, 1.165) is 19.4 Å². The van der Waals surface area contributed by atoms with E-state index in [1.807, 2.05) is 4.90 Å². The van der Waals surface area contributed by atoms with Crippen LogP contribution in [0.5, 0.6) is 0 Å². The molecule has 16 heavy (non-hydrogen) atoms. The lowest BCUT2D eigenvalue weighted by atomic mass is 10.1. The van der Waals surface area contributed by atoms with Gasteiger partial charge in [0.05, 0.1) is 18.6 Å². The minimum atomic E-state index is -0.171. The summed E-state index contributed by atoms with van der Waals surface area (Å²) >= 11 is 0. The number of ether oxygens (including phenoxy) is 2. The van der Waals surface area contributed by atoms with E-state index in [0.29, 0.717) is 19.5 Å². The van der Waals surface area contributed by atoms with Crippen LogP contribution in [-0.2, 0) is 14.3 Å². The summed E-state index contributed by atoms with van der Waals surface area (Å²) in [6.07, 6.45) is 2.41. The van der Waals surface area contributed by atoms with E-state index in [-0.39, 0.29) is 18.1 Å². The molecule has 5 nitrogen and oxygen atoms in total. The van der Waals surface area contributed by atoms with E-state index >= 15 is 0 Å². The van der Waals surface area contributed by atoms with E-state index in [9.17, 15) is 4.79 Å². The van der Waals surface area contributed by atoms with Gasteiger partial charge in [-0.15, -0.1) is 0 Å². The molecule has 2 N–H and O–H groups in total. The normalized spacial score (nSPS) is 23.2. The molecular weight excluding hydrogens is 208 g/mol. The molecule has 1 amide bonds. The van der Waals surface area contributed by atoms with Crippen molar-refractivity contribution in [3.8, 4) is 0 Å². The van der Waals surface area contributed by atoms with E-state index in [1.165, 1.54) is 0 Å². The van der Waals surface area contributed by atoms with Crippen molar-refractivity contribution >= 4 is 5.91 Å². The largest absolute Gasteiger partial charge is 0.380 e. The van der Waals surface area contributed by atoms with Crippen molar-refractivity contribution in [3.05, 3.63) is 0 Å². The number of nitrogens with two attached hydrogens (primary N) is 1. The zero-order chi connectivity index (χ0) is 12.0. The van der Waals surface area contributed by atoms with Crippen molar-refractivity contribution in [1.82, 2.24) is 4.90 Å². The molecule has 1 aliphatic heterocycles. The molecule has 0 aromatic heterocycles. The average molecular weight is 230 g/mol. The molecule has 0 aliphatic carbocycles. The van der Waals surface area contributed by atoms with Gasteiger partial charge in [0.1, 0.15) is 0 Å². The molecule has 0 radical (unpaired) electrons. The summed E-state index contributed by atoms with van der Waals surface area (Å²) in [5.74, 6) is 0.110. The van der Waals surface area contributed by atoms with Crippen LogP contribution in [0.2, 0.25) is 0 Å². The number of likely N-dealkylation sites (tertiary alicyclic amines) is 1. The van der Waals surface area contributed by atoms with Gasteiger partial charge in [0.2, 0.25) is 5.91 Å². The summed E-state index contributed by atoms with van der Waals surface area (Å²) in [7, 11) is 3.27. The minimum Gasteiger partial charge on any atom is -0.380 e. The van der Waals surface area contributed by atoms with Gasteiger partial charge >= 0.3 is 0 Å². The fourth-order valence-corrected chi connectivity index (χ4v) is 1.94. The zero-order valence-electron chi connectivity index (χ0n) is 10.1. The van der Waals surface area contributed by atoms with Gasteiger partial charge in [-0.3, -0.25) is 4.79 Å². The maximum absolute atomic E-state index is 11.9. The lowest BCUT2D eigenvalue weighted by Gasteiger charge is -2.32. The third-order valence-corrected chi connectivity index (χ3v) is 3.06. The molecule has 1 aliphatic rings. The van der Waals surface area contributed by atoms with Crippen LogP contribution in [0.25, 0.3) is 0 Å². The van der Waals surface area contributed by atoms with Crippen LogP contribution in [0.3, 0.4) is 0 Å². The summed E-state index contributed by atoms with van der Waals surface area (Å²) < 4.78 is 10.4. The van der Waals surface area contributed by atoms with Crippen LogP contribution in [-0.4, -0.2) is 56.9 Å². The van der Waals surface area contributed by atoms with E-state index in [2.05, 4.69) is 0 Å². The summed E-state index contributed by atoms with van der Waals surface area (Å²) in [6, 6.07) is 0. The topological polar surface area (TPSA) is 64.8 Å². The average Bonchev–Trinajstić information content (AvgIpc) is 2.35. The van der Waals surface area contributed by atoms with Crippen molar-refractivity contribution < 1.29 is 14.3 Å². The van der Waals surface area contributed by atoms with Crippen LogP contribution in [0.1, 0.15) is 19.3 Å². The Balaban J connectivity index is 2.40. The second kappa shape index (κ2) is 6.83. The number of methoxy groups -OCH3 is 2. The van der Waals surface area contributed by atoms with Gasteiger partial charge in [0.15, 0.2) is 0 Å². The highest BCUT2D eigenvalue weighted by Gasteiger charge is 2.24. The van der Waals surface area contributed by atoms with Gasteiger partial charge in [-0.1, -0.05) is 0 Å². The monoisotopic (exact) mass is 230 g/mol. The van der Waals surface area contributed by atoms with Crippen LogP contribution in [0.4, 0.5) is 0 Å². The number of nitrogens with zero attached hydrogens (tertiary/aromatic N) is 1. The second-order valence-electron chi connectivity index (χ2n) is 4.14. The lowest BCUT2D eigenvalue weighted by molar-refractivity contribution is -0.137. The van der Waals surface area contributed by atoms with Crippen LogP contribution in [0, 0.1) is 0 Å². The third kappa shape index (κ3) is 3.73. The predicted molar refractivity (Wildman–Crippen MR) is 61.1 cm³/mol. The van der Waals surface area contributed by atoms with Crippen LogP contribution < -0.4 is 5.73 Å². The number of carbonyl (C=O) groups is 1. The number of hydrogen-bond acceptors (Lipinski definition) is 4. The summed E-state index contributed by atoms with van der Waals surface area (Å²) in [6.45, 7) is 1.89. The molecule has 0 aromatic rings. The third-order valence-electron chi connectivity index (χ3n) is 3.06. The molecule has 2 atom stereocenters. The Hall–Kier alpha value is -0.650. The van der Waals surface area contributed by atoms with Crippen molar-refractivity contribution in [2.24, 2.45) is 5.73 Å². The van der Waals surface area contributed by atoms with E-state index in [1.54, 1.807) is 14.2 Å². The van der Waals surface area contributed by atoms with Gasteiger partial charge in [-0.2, -0.15) is 0 Å². The first-order valence-electron chi connectivity index (χ1n) is 5.74. The predicted octanol–water partition coefficient (Wildman–Crippen LogP) is -0.0124. The van der Waals surface area contributed by atoms with Crippen molar-refractivity contribution in [1.29, 1.82) is 0 Å². The molecule has 0 saturated carbocycles. The quantitative estimate of drug-likeness (QED) is 0.721. The second-order valence-corrected chi connectivity index (χ2v) is 4.14. The molecule has 1 saturated heterocycles. The van der Waals surface area contributed by atoms with E-state index in [4.69, 9.17) is 15.2 Å². The van der Waals surface area contributed by atoms with Gasteiger partial charge < -0.3 is 20.1 Å². The highest BCUT2D eigenvalue weighted by molar-refractivity contribution is 5.76. The fraction of sp³-hybridized carbons (Fsp3) is 0.909. The highest BCUT2D eigenvalue weighted by atomic mass is 16.5. The molecule has 1 fully saturated rings. The van der Waals surface area contributed by atoms with Gasteiger partial charge in [-0.25, -0.2) is 0 Å². The molecule has 94 valence electrons. The maximum atomic E-state index is 11.9. The molecule has 1 rings (SSSR count). The molecular formula is C11H22N2O3. The standard InChI is InChI=1S/C11H22N2O3/c1-15-9-4-3-5-13(8-9)11(14)6-10(7-12)16-2/h9-10H,3-8,12H2,1-2H3. The van der Waals surface area contributed by atoms with Crippen molar-refractivity contribution in [3.63, 3.8) is 0 Å². The van der Waals surface area contributed by atoms with Crippen LogP contribution in [0.15, 0.2) is 0 Å². The summed E-state index contributed by atoms with van der Waals surface area (Å²) in [4.78, 5) is 13.8. The first-order chi connectivity index (χ1) is 7.71. The summed E-state index contributed by atoms with van der Waals surface area (Å²) in [5.41, 5.74) is 5.49. The molecule has 5 heteroatoms. The summed E-state index contributed by atoms with van der Waals surface area (Å²) in [5, 5.41) is 0.